The van der Waals surface area contributed by atoms with E-state index in [4.69, 9.17) is 0 Å². The number of rotatable bonds is 4. The van der Waals surface area contributed by atoms with Gasteiger partial charge in [0.15, 0.2) is 11.5 Å². The molecule has 9 heteroatoms. The van der Waals surface area contributed by atoms with Crippen molar-refractivity contribution in [2.45, 2.75) is 19.4 Å². The molecule has 1 N–H and O–H groups in total. The summed E-state index contributed by atoms with van der Waals surface area (Å²) in [5, 5.41) is 8.31. The molecule has 1 aliphatic heterocycles. The Morgan fingerprint density at radius 2 is 2.06 bits per heavy atom. The number of aromatic nitrogens is 4. The first kappa shape index (κ1) is 20.4. The molecular formula is C23H26FN7O. The molecule has 8 nitrogen and oxygen atoms in total. The van der Waals surface area contributed by atoms with Crippen molar-refractivity contribution in [3.05, 3.63) is 53.9 Å². The second kappa shape index (κ2) is 7.59. The van der Waals surface area contributed by atoms with Crippen LogP contribution in [0.25, 0.3) is 16.6 Å². The maximum Gasteiger partial charge on any atom is 0.257 e. The van der Waals surface area contributed by atoms with Gasteiger partial charge in [-0.1, -0.05) is 0 Å². The molecule has 0 aliphatic carbocycles. The molecule has 3 aromatic heterocycles. The predicted molar refractivity (Wildman–Crippen MR) is 123 cm³/mol. The summed E-state index contributed by atoms with van der Waals surface area (Å²) in [5.41, 5.74) is 3.47. The molecule has 1 aliphatic rings. The minimum atomic E-state index is -0.487. The van der Waals surface area contributed by atoms with Crippen LogP contribution >= 0.6 is 0 Å². The molecule has 1 aromatic carbocycles. The number of anilines is 2. The predicted octanol–water partition coefficient (Wildman–Crippen LogP) is 3.06. The van der Waals surface area contributed by atoms with Crippen LogP contribution < -0.4 is 10.2 Å². The number of pyridine rings is 1. The Balaban J connectivity index is 1.48. The van der Waals surface area contributed by atoms with Gasteiger partial charge < -0.3 is 19.5 Å². The Kier molecular flexibility index (Phi) is 4.85. The van der Waals surface area contributed by atoms with Crippen LogP contribution in [-0.2, 0) is 7.05 Å². The first-order chi connectivity index (χ1) is 15.3. The van der Waals surface area contributed by atoms with Crippen molar-refractivity contribution in [3.8, 4) is 0 Å². The van der Waals surface area contributed by atoms with E-state index in [1.54, 1.807) is 34.5 Å². The van der Waals surface area contributed by atoms with Gasteiger partial charge in [-0.3, -0.25) is 9.48 Å². The highest BCUT2D eigenvalue weighted by Gasteiger charge is 2.27. The number of halogens is 1. The van der Waals surface area contributed by atoms with Crippen molar-refractivity contribution in [1.82, 2.24) is 24.1 Å². The average Bonchev–Trinajstić information content (AvgIpc) is 3.44. The number of fused-ring (bicyclic) bond motifs is 2. The molecule has 166 valence electrons. The summed E-state index contributed by atoms with van der Waals surface area (Å²) in [7, 11) is 6.06. The Labute approximate surface area is 185 Å². The zero-order valence-corrected chi connectivity index (χ0v) is 18.6. The fourth-order valence-electron chi connectivity index (χ4n) is 4.49. The number of imidazole rings is 1. The van der Waals surface area contributed by atoms with Crippen LogP contribution in [-0.4, -0.2) is 63.2 Å². The van der Waals surface area contributed by atoms with Crippen molar-refractivity contribution in [2.24, 2.45) is 7.05 Å². The Morgan fingerprint density at radius 1 is 1.25 bits per heavy atom. The molecule has 1 amide bonds. The maximum absolute atomic E-state index is 14.4. The molecule has 1 saturated heterocycles. The van der Waals surface area contributed by atoms with E-state index in [0.717, 1.165) is 30.6 Å². The van der Waals surface area contributed by atoms with E-state index >= 15 is 0 Å². The number of carbonyl (C=O) groups excluding carboxylic acids is 1. The number of nitrogens with zero attached hydrogens (tertiary/aromatic N) is 6. The van der Waals surface area contributed by atoms with Gasteiger partial charge in [0.25, 0.3) is 5.91 Å². The van der Waals surface area contributed by atoms with Crippen LogP contribution in [0.1, 0.15) is 22.5 Å². The van der Waals surface area contributed by atoms with Crippen LogP contribution in [0, 0.1) is 12.7 Å². The van der Waals surface area contributed by atoms with Crippen LogP contribution in [0.15, 0.2) is 36.8 Å². The van der Waals surface area contributed by atoms with E-state index in [1.807, 2.05) is 19.3 Å². The molecule has 0 radical (unpaired) electrons. The monoisotopic (exact) mass is 435 g/mol. The number of amides is 1. The lowest BCUT2D eigenvalue weighted by molar-refractivity contribution is 0.102. The molecular weight excluding hydrogens is 409 g/mol. The number of likely N-dealkylation sites (N-methyl/N-ethyl adjacent to an activating group) is 1. The summed E-state index contributed by atoms with van der Waals surface area (Å²) >= 11 is 0. The van der Waals surface area contributed by atoms with Crippen molar-refractivity contribution in [1.29, 1.82) is 0 Å². The number of nitrogens with one attached hydrogen (secondary N) is 1. The maximum atomic E-state index is 14.4. The molecule has 4 aromatic rings. The molecule has 5 rings (SSSR count). The molecule has 0 saturated carbocycles. The van der Waals surface area contributed by atoms with Crippen molar-refractivity contribution in [3.63, 3.8) is 0 Å². The van der Waals surface area contributed by atoms with E-state index in [9.17, 15) is 9.18 Å². The van der Waals surface area contributed by atoms with Gasteiger partial charge in [0.2, 0.25) is 0 Å². The lowest BCUT2D eigenvalue weighted by Crippen LogP contribution is -2.31. The minimum absolute atomic E-state index is 0.235. The van der Waals surface area contributed by atoms with Gasteiger partial charge >= 0.3 is 0 Å². The van der Waals surface area contributed by atoms with E-state index in [-0.39, 0.29) is 11.6 Å². The molecule has 1 fully saturated rings. The van der Waals surface area contributed by atoms with Gasteiger partial charge in [-0.2, -0.15) is 5.10 Å². The van der Waals surface area contributed by atoms with E-state index < -0.39 is 5.82 Å². The number of hydrogen-bond acceptors (Lipinski definition) is 5. The highest BCUT2D eigenvalue weighted by molar-refractivity contribution is 6.13. The van der Waals surface area contributed by atoms with Gasteiger partial charge in [0.1, 0.15) is 5.52 Å². The normalized spacial score (nSPS) is 16.6. The smallest absolute Gasteiger partial charge is 0.257 e. The van der Waals surface area contributed by atoms with Crippen molar-refractivity contribution in [2.75, 3.05) is 37.4 Å². The third-order valence-electron chi connectivity index (χ3n) is 6.13. The third kappa shape index (κ3) is 3.48. The standard InChI is InChI=1S/C23H26FN7O/c1-14-10-31-11-15(9-19(24)22(31)25-14)26-23(32)17-5-6-20(18-13-29(4)27-21(17)18)30-8-7-16(12-30)28(2)3/h5-6,9-11,13,16H,7-8,12H2,1-4H3,(H,26,32). The summed E-state index contributed by atoms with van der Waals surface area (Å²) in [6.45, 7) is 3.69. The molecule has 1 unspecified atom stereocenters. The Bertz CT molecular complexity index is 1340. The molecule has 1 atom stereocenters. The van der Waals surface area contributed by atoms with Crippen LogP contribution in [0.5, 0.6) is 0 Å². The molecule has 0 bridgehead atoms. The summed E-state index contributed by atoms with van der Waals surface area (Å²) in [5.74, 6) is -0.817. The van der Waals surface area contributed by atoms with Crippen LogP contribution in [0.4, 0.5) is 15.8 Å². The van der Waals surface area contributed by atoms with E-state index in [1.165, 1.54) is 6.07 Å². The molecule has 4 heterocycles. The first-order valence-electron chi connectivity index (χ1n) is 10.6. The summed E-state index contributed by atoms with van der Waals surface area (Å²) < 4.78 is 17.7. The summed E-state index contributed by atoms with van der Waals surface area (Å²) in [4.78, 5) is 21.9. The Hall–Kier alpha value is -3.46. The Morgan fingerprint density at radius 3 is 2.81 bits per heavy atom. The number of hydrogen-bond donors (Lipinski definition) is 1. The second-order valence-electron chi connectivity index (χ2n) is 8.69. The van der Waals surface area contributed by atoms with Gasteiger partial charge in [-0.15, -0.1) is 0 Å². The SMILES string of the molecule is Cc1cn2cc(NC(=O)c3ccc(N4CCC(N(C)C)C4)c4cn(C)nc34)cc(F)c2n1. The summed E-state index contributed by atoms with van der Waals surface area (Å²) in [6, 6.07) is 5.58. The average molecular weight is 436 g/mol. The number of carbonyl (C=O) groups is 1. The second-order valence-corrected chi connectivity index (χ2v) is 8.69. The lowest BCUT2D eigenvalue weighted by Gasteiger charge is -2.22. The van der Waals surface area contributed by atoms with Gasteiger partial charge in [0.05, 0.1) is 16.9 Å². The van der Waals surface area contributed by atoms with Crippen LogP contribution in [0.3, 0.4) is 0 Å². The fraction of sp³-hybridized carbons (Fsp3) is 0.348. The highest BCUT2D eigenvalue weighted by Crippen LogP contribution is 2.32. The zero-order valence-electron chi connectivity index (χ0n) is 18.6. The van der Waals surface area contributed by atoms with Gasteiger partial charge in [0, 0.05) is 61.9 Å². The zero-order chi connectivity index (χ0) is 22.6. The van der Waals surface area contributed by atoms with Gasteiger partial charge in [-0.25, -0.2) is 9.37 Å². The van der Waals surface area contributed by atoms with Crippen molar-refractivity contribution >= 4 is 33.8 Å². The largest absolute Gasteiger partial charge is 0.369 e. The topological polar surface area (TPSA) is 70.7 Å². The fourth-order valence-corrected chi connectivity index (χ4v) is 4.49. The van der Waals surface area contributed by atoms with Crippen LogP contribution in [0.2, 0.25) is 0 Å². The summed E-state index contributed by atoms with van der Waals surface area (Å²) in [6.07, 6.45) is 6.42. The quantitative estimate of drug-likeness (QED) is 0.534. The lowest BCUT2D eigenvalue weighted by atomic mass is 10.1. The van der Waals surface area contributed by atoms with Crippen molar-refractivity contribution < 1.29 is 9.18 Å². The third-order valence-corrected chi connectivity index (χ3v) is 6.13. The van der Waals surface area contributed by atoms with E-state index in [2.05, 4.69) is 39.3 Å². The molecule has 32 heavy (non-hydrogen) atoms. The van der Waals surface area contributed by atoms with Gasteiger partial charge in [-0.05, 0) is 39.6 Å². The minimum Gasteiger partial charge on any atom is -0.369 e. The first-order valence-corrected chi connectivity index (χ1v) is 10.6. The molecule has 0 spiro atoms. The number of aryl methyl sites for hydroxylation is 2. The highest BCUT2D eigenvalue weighted by atomic mass is 19.1. The number of benzene rings is 1. The van der Waals surface area contributed by atoms with E-state index in [0.29, 0.717) is 28.5 Å².